The molecular formula is C16H18ClFN4O. The number of piperazine rings is 1. The Bertz CT molecular complexity index is 693. The van der Waals surface area contributed by atoms with Gasteiger partial charge in [-0.2, -0.15) is 0 Å². The molecule has 3 rings (SSSR count). The highest BCUT2D eigenvalue weighted by Crippen LogP contribution is 2.14. The molecule has 122 valence electrons. The maximum Gasteiger partial charge on any atom is 0.253 e. The Labute approximate surface area is 139 Å². The van der Waals surface area contributed by atoms with Crippen LogP contribution in [-0.2, 0) is 13.6 Å². The fourth-order valence-electron chi connectivity index (χ4n) is 2.66. The Morgan fingerprint density at radius 3 is 2.43 bits per heavy atom. The van der Waals surface area contributed by atoms with E-state index in [4.69, 9.17) is 11.6 Å². The van der Waals surface area contributed by atoms with Crippen LogP contribution in [0.15, 0.2) is 30.5 Å². The van der Waals surface area contributed by atoms with Gasteiger partial charge in [-0.05, 0) is 24.3 Å². The van der Waals surface area contributed by atoms with Crippen molar-refractivity contribution in [1.82, 2.24) is 19.4 Å². The fraction of sp³-hybridized carbons (Fsp3) is 0.375. The van der Waals surface area contributed by atoms with Crippen LogP contribution < -0.4 is 0 Å². The predicted molar refractivity (Wildman–Crippen MR) is 85.8 cm³/mol. The second kappa shape index (κ2) is 6.68. The highest BCUT2D eigenvalue weighted by Gasteiger charge is 2.23. The molecule has 0 unspecified atom stereocenters. The van der Waals surface area contributed by atoms with Crippen LogP contribution in [0.3, 0.4) is 0 Å². The van der Waals surface area contributed by atoms with Crippen molar-refractivity contribution in [2.75, 3.05) is 26.2 Å². The van der Waals surface area contributed by atoms with Crippen LogP contribution in [0.1, 0.15) is 16.2 Å². The molecule has 0 spiro atoms. The summed E-state index contributed by atoms with van der Waals surface area (Å²) in [5, 5.41) is 0.616. The normalized spacial score (nSPS) is 15.9. The fourth-order valence-corrected chi connectivity index (χ4v) is 2.80. The number of nitrogens with zero attached hydrogens (tertiary/aromatic N) is 4. The number of amides is 1. The van der Waals surface area contributed by atoms with E-state index in [-0.39, 0.29) is 11.7 Å². The molecule has 2 heterocycles. The lowest BCUT2D eigenvalue weighted by molar-refractivity contribution is 0.0624. The van der Waals surface area contributed by atoms with Crippen molar-refractivity contribution in [1.29, 1.82) is 0 Å². The van der Waals surface area contributed by atoms with Gasteiger partial charge in [0.1, 0.15) is 16.8 Å². The van der Waals surface area contributed by atoms with Gasteiger partial charge in [0, 0.05) is 38.8 Å². The first-order chi connectivity index (χ1) is 11.0. The van der Waals surface area contributed by atoms with Gasteiger partial charge in [-0.3, -0.25) is 9.69 Å². The molecule has 1 fully saturated rings. The van der Waals surface area contributed by atoms with Crippen LogP contribution in [0.25, 0.3) is 0 Å². The van der Waals surface area contributed by atoms with Gasteiger partial charge in [0.25, 0.3) is 5.91 Å². The summed E-state index contributed by atoms with van der Waals surface area (Å²) in [6, 6.07) is 5.68. The Morgan fingerprint density at radius 1 is 1.22 bits per heavy atom. The molecular weight excluding hydrogens is 319 g/mol. The van der Waals surface area contributed by atoms with Crippen molar-refractivity contribution < 1.29 is 9.18 Å². The van der Waals surface area contributed by atoms with Crippen LogP contribution in [0.2, 0.25) is 5.15 Å². The molecule has 1 aromatic heterocycles. The zero-order valence-corrected chi connectivity index (χ0v) is 13.6. The number of halogens is 2. The average molecular weight is 337 g/mol. The SMILES string of the molecule is Cn1c(Cl)cnc1CN1CCN(C(=O)c2ccc(F)cc2)CC1. The van der Waals surface area contributed by atoms with Crippen LogP contribution >= 0.6 is 11.6 Å². The Hall–Kier alpha value is -1.92. The maximum atomic E-state index is 12.9. The number of hydrogen-bond donors (Lipinski definition) is 0. The van der Waals surface area contributed by atoms with E-state index in [0.29, 0.717) is 30.4 Å². The maximum absolute atomic E-state index is 12.9. The van der Waals surface area contributed by atoms with Crippen molar-refractivity contribution in [2.45, 2.75) is 6.54 Å². The number of rotatable bonds is 3. The van der Waals surface area contributed by atoms with Gasteiger partial charge in [-0.15, -0.1) is 0 Å². The summed E-state index contributed by atoms with van der Waals surface area (Å²) in [5.74, 6) is 0.526. The first-order valence-corrected chi connectivity index (χ1v) is 7.85. The van der Waals surface area contributed by atoms with Crippen molar-refractivity contribution in [3.8, 4) is 0 Å². The standard InChI is InChI=1S/C16H18ClFN4O/c1-20-14(17)10-19-15(20)11-21-6-8-22(9-7-21)16(23)12-2-4-13(18)5-3-12/h2-5,10H,6-9,11H2,1H3. The molecule has 0 bridgehead atoms. The minimum Gasteiger partial charge on any atom is -0.336 e. The van der Waals surface area contributed by atoms with Gasteiger partial charge < -0.3 is 9.47 Å². The van der Waals surface area contributed by atoms with Gasteiger partial charge in [-0.25, -0.2) is 9.37 Å². The molecule has 0 saturated carbocycles. The van der Waals surface area contributed by atoms with Gasteiger partial charge in [-0.1, -0.05) is 11.6 Å². The minimum atomic E-state index is -0.333. The third-order valence-electron chi connectivity index (χ3n) is 4.14. The summed E-state index contributed by atoms with van der Waals surface area (Å²) in [6.07, 6.45) is 1.64. The largest absolute Gasteiger partial charge is 0.336 e. The van der Waals surface area contributed by atoms with E-state index in [1.54, 1.807) is 11.1 Å². The number of benzene rings is 1. The molecule has 2 aromatic rings. The van der Waals surface area contributed by atoms with Crippen LogP contribution in [0.5, 0.6) is 0 Å². The monoisotopic (exact) mass is 336 g/mol. The van der Waals surface area contributed by atoms with E-state index in [2.05, 4.69) is 9.88 Å². The lowest BCUT2D eigenvalue weighted by atomic mass is 10.2. The third kappa shape index (κ3) is 3.54. The summed E-state index contributed by atoms with van der Waals surface area (Å²) >= 11 is 5.99. The smallest absolute Gasteiger partial charge is 0.253 e. The van der Waals surface area contributed by atoms with Crippen LogP contribution in [-0.4, -0.2) is 51.4 Å². The Balaban J connectivity index is 1.57. The summed E-state index contributed by atoms with van der Waals surface area (Å²) in [6.45, 7) is 3.55. The molecule has 1 aromatic carbocycles. The lowest BCUT2D eigenvalue weighted by Crippen LogP contribution is -2.48. The van der Waals surface area contributed by atoms with E-state index in [1.165, 1.54) is 24.3 Å². The number of carbonyl (C=O) groups excluding carboxylic acids is 1. The zero-order valence-electron chi connectivity index (χ0n) is 12.9. The second-order valence-corrected chi connectivity index (χ2v) is 6.02. The number of aromatic nitrogens is 2. The third-order valence-corrected chi connectivity index (χ3v) is 4.49. The molecule has 0 radical (unpaired) electrons. The molecule has 0 N–H and O–H groups in total. The highest BCUT2D eigenvalue weighted by atomic mass is 35.5. The van der Waals surface area contributed by atoms with Crippen molar-refractivity contribution in [3.05, 3.63) is 52.8 Å². The average Bonchev–Trinajstić information content (AvgIpc) is 2.88. The Morgan fingerprint density at radius 2 is 1.87 bits per heavy atom. The number of hydrogen-bond acceptors (Lipinski definition) is 3. The molecule has 7 heteroatoms. The van der Waals surface area contributed by atoms with Gasteiger partial charge in [0.2, 0.25) is 0 Å². The van der Waals surface area contributed by atoms with E-state index >= 15 is 0 Å². The van der Waals surface area contributed by atoms with E-state index < -0.39 is 0 Å². The van der Waals surface area contributed by atoms with E-state index in [0.717, 1.165) is 18.9 Å². The molecule has 1 aliphatic rings. The van der Waals surface area contributed by atoms with Gasteiger partial charge >= 0.3 is 0 Å². The molecule has 1 saturated heterocycles. The molecule has 0 atom stereocenters. The zero-order chi connectivity index (χ0) is 16.4. The Kier molecular flexibility index (Phi) is 4.63. The van der Waals surface area contributed by atoms with Crippen LogP contribution in [0, 0.1) is 5.82 Å². The molecule has 1 aliphatic heterocycles. The summed E-state index contributed by atoms with van der Waals surface area (Å²) in [5.41, 5.74) is 0.524. The molecule has 0 aliphatic carbocycles. The molecule has 23 heavy (non-hydrogen) atoms. The van der Waals surface area contributed by atoms with Crippen molar-refractivity contribution in [3.63, 3.8) is 0 Å². The number of imidazole rings is 1. The van der Waals surface area contributed by atoms with Gasteiger partial charge in [0.15, 0.2) is 0 Å². The number of carbonyl (C=O) groups is 1. The quantitative estimate of drug-likeness (QED) is 0.862. The highest BCUT2D eigenvalue weighted by molar-refractivity contribution is 6.29. The first-order valence-electron chi connectivity index (χ1n) is 7.48. The van der Waals surface area contributed by atoms with Crippen LogP contribution in [0.4, 0.5) is 4.39 Å². The summed E-state index contributed by atoms with van der Waals surface area (Å²) < 4.78 is 14.8. The molecule has 5 nitrogen and oxygen atoms in total. The minimum absolute atomic E-state index is 0.0512. The predicted octanol–water partition coefficient (Wildman–Crippen LogP) is 2.17. The summed E-state index contributed by atoms with van der Waals surface area (Å²) in [4.78, 5) is 20.7. The first kappa shape index (κ1) is 16.0. The molecule has 1 amide bonds. The van der Waals surface area contributed by atoms with Crippen molar-refractivity contribution in [2.24, 2.45) is 7.05 Å². The van der Waals surface area contributed by atoms with Gasteiger partial charge in [0.05, 0.1) is 12.7 Å². The van der Waals surface area contributed by atoms with Crippen molar-refractivity contribution >= 4 is 17.5 Å². The lowest BCUT2D eigenvalue weighted by Gasteiger charge is -2.34. The second-order valence-electron chi connectivity index (χ2n) is 5.63. The van der Waals surface area contributed by atoms with E-state index in [9.17, 15) is 9.18 Å². The topological polar surface area (TPSA) is 41.4 Å². The van der Waals surface area contributed by atoms with E-state index in [1.807, 2.05) is 11.6 Å². The summed E-state index contributed by atoms with van der Waals surface area (Å²) in [7, 11) is 1.89.